The predicted molar refractivity (Wildman–Crippen MR) is 61.6 cm³/mol. The molecule has 0 amide bonds. The first kappa shape index (κ1) is 9.71. The van der Waals surface area contributed by atoms with Crippen molar-refractivity contribution in [2.45, 2.75) is 26.2 Å². The topological polar surface area (TPSA) is 17.3 Å². The molecule has 0 radical (unpaired) electrons. The number of fused-ring (bicyclic) bond motifs is 1. The fourth-order valence-electron chi connectivity index (χ4n) is 1.40. The Morgan fingerprint density at radius 2 is 2.00 bits per heavy atom. The van der Waals surface area contributed by atoms with E-state index in [4.69, 9.17) is 0 Å². The van der Waals surface area contributed by atoms with Gasteiger partial charge in [0.1, 0.15) is 0 Å². The number of rotatable bonds is 0. The Balaban J connectivity index is 2.66. The van der Waals surface area contributed by atoms with Crippen LogP contribution in [-0.4, -0.2) is 9.38 Å². The molecule has 0 atom stereocenters. The third kappa shape index (κ3) is 1.57. The van der Waals surface area contributed by atoms with E-state index in [1.165, 1.54) is 5.56 Å². The number of halogens is 1. The van der Waals surface area contributed by atoms with Crippen LogP contribution in [0.1, 0.15) is 26.3 Å². The van der Waals surface area contributed by atoms with Crippen molar-refractivity contribution < 1.29 is 0 Å². The van der Waals surface area contributed by atoms with Crippen molar-refractivity contribution in [1.82, 2.24) is 9.38 Å². The van der Waals surface area contributed by atoms with E-state index in [-0.39, 0.29) is 5.41 Å². The second-order valence-electron chi connectivity index (χ2n) is 4.49. The molecular weight excluding hydrogens is 240 g/mol. The minimum Gasteiger partial charge on any atom is -0.294 e. The average Bonchev–Trinajstić information content (AvgIpc) is 2.46. The van der Waals surface area contributed by atoms with Gasteiger partial charge in [-0.05, 0) is 33.0 Å². The van der Waals surface area contributed by atoms with Gasteiger partial charge in [-0.15, -0.1) is 0 Å². The SMILES string of the molecule is CC(C)(C)c1ccc2cnc(Br)n2c1. The van der Waals surface area contributed by atoms with Crippen LogP contribution < -0.4 is 0 Å². The maximum absolute atomic E-state index is 4.20. The fourth-order valence-corrected chi connectivity index (χ4v) is 1.81. The van der Waals surface area contributed by atoms with Gasteiger partial charge in [-0.25, -0.2) is 4.98 Å². The van der Waals surface area contributed by atoms with Crippen LogP contribution >= 0.6 is 15.9 Å². The summed E-state index contributed by atoms with van der Waals surface area (Å²) >= 11 is 3.42. The molecule has 0 aliphatic heterocycles. The van der Waals surface area contributed by atoms with Gasteiger partial charge in [0.2, 0.25) is 0 Å². The normalized spacial score (nSPS) is 12.3. The Labute approximate surface area is 92.1 Å². The van der Waals surface area contributed by atoms with Crippen molar-refractivity contribution in [2.24, 2.45) is 0 Å². The predicted octanol–water partition coefficient (Wildman–Crippen LogP) is 3.39. The number of imidazole rings is 1. The molecule has 0 aromatic carbocycles. The molecule has 0 unspecified atom stereocenters. The minimum absolute atomic E-state index is 0.178. The summed E-state index contributed by atoms with van der Waals surface area (Å²) in [5.74, 6) is 0. The Morgan fingerprint density at radius 3 is 2.64 bits per heavy atom. The van der Waals surface area contributed by atoms with Crippen molar-refractivity contribution in [2.75, 3.05) is 0 Å². The molecule has 2 rings (SSSR count). The van der Waals surface area contributed by atoms with Crippen molar-refractivity contribution in [3.8, 4) is 0 Å². The van der Waals surface area contributed by atoms with Gasteiger partial charge in [0.15, 0.2) is 4.73 Å². The highest BCUT2D eigenvalue weighted by atomic mass is 79.9. The third-order valence-electron chi connectivity index (χ3n) is 2.35. The van der Waals surface area contributed by atoms with E-state index in [0.717, 1.165) is 10.3 Å². The van der Waals surface area contributed by atoms with E-state index in [1.807, 2.05) is 6.20 Å². The van der Waals surface area contributed by atoms with Gasteiger partial charge >= 0.3 is 0 Å². The number of hydrogen-bond acceptors (Lipinski definition) is 1. The van der Waals surface area contributed by atoms with Crippen molar-refractivity contribution in [3.63, 3.8) is 0 Å². The van der Waals surface area contributed by atoms with Crippen molar-refractivity contribution >= 4 is 21.4 Å². The van der Waals surface area contributed by atoms with E-state index in [2.05, 4.69) is 64.4 Å². The van der Waals surface area contributed by atoms with Crippen LogP contribution in [-0.2, 0) is 5.41 Å². The summed E-state index contributed by atoms with van der Waals surface area (Å²) in [6.45, 7) is 6.62. The van der Waals surface area contributed by atoms with Gasteiger partial charge < -0.3 is 0 Å². The van der Waals surface area contributed by atoms with Crippen LogP contribution in [0, 0.1) is 0 Å². The maximum Gasteiger partial charge on any atom is 0.181 e. The molecule has 14 heavy (non-hydrogen) atoms. The zero-order chi connectivity index (χ0) is 10.3. The van der Waals surface area contributed by atoms with Crippen LogP contribution in [0.3, 0.4) is 0 Å². The molecule has 2 heterocycles. The summed E-state index contributed by atoms with van der Waals surface area (Å²) in [6.07, 6.45) is 3.99. The van der Waals surface area contributed by atoms with Gasteiger partial charge in [-0.3, -0.25) is 4.40 Å². The Kier molecular flexibility index (Phi) is 2.14. The molecule has 2 aromatic rings. The molecular formula is C11H13BrN2. The van der Waals surface area contributed by atoms with Gasteiger partial charge in [0, 0.05) is 6.20 Å². The lowest BCUT2D eigenvalue weighted by molar-refractivity contribution is 0.586. The van der Waals surface area contributed by atoms with E-state index in [0.29, 0.717) is 0 Å². The van der Waals surface area contributed by atoms with E-state index in [1.54, 1.807) is 0 Å². The average molecular weight is 253 g/mol. The zero-order valence-corrected chi connectivity index (χ0v) is 10.2. The smallest absolute Gasteiger partial charge is 0.181 e. The number of aromatic nitrogens is 2. The summed E-state index contributed by atoms with van der Waals surface area (Å²) in [4.78, 5) is 4.20. The van der Waals surface area contributed by atoms with E-state index < -0.39 is 0 Å². The summed E-state index contributed by atoms with van der Waals surface area (Å²) in [6, 6.07) is 4.25. The molecule has 0 aliphatic carbocycles. The number of pyridine rings is 1. The molecule has 3 heteroatoms. The van der Waals surface area contributed by atoms with Gasteiger partial charge in [-0.1, -0.05) is 26.8 Å². The van der Waals surface area contributed by atoms with Crippen LogP contribution in [0.2, 0.25) is 0 Å². The highest BCUT2D eigenvalue weighted by Crippen LogP contribution is 2.23. The quantitative estimate of drug-likeness (QED) is 0.703. The molecule has 0 bridgehead atoms. The molecule has 74 valence electrons. The van der Waals surface area contributed by atoms with E-state index in [9.17, 15) is 0 Å². The molecule has 0 saturated heterocycles. The molecule has 0 spiro atoms. The Bertz CT molecular complexity index is 466. The lowest BCUT2D eigenvalue weighted by Gasteiger charge is -2.18. The summed E-state index contributed by atoms with van der Waals surface area (Å²) in [5, 5.41) is 0. The second-order valence-corrected chi connectivity index (χ2v) is 5.20. The van der Waals surface area contributed by atoms with Gasteiger partial charge in [0.25, 0.3) is 0 Å². The largest absolute Gasteiger partial charge is 0.294 e. The molecule has 2 nitrogen and oxygen atoms in total. The Morgan fingerprint density at radius 1 is 1.29 bits per heavy atom. The van der Waals surface area contributed by atoms with Crippen LogP contribution in [0.5, 0.6) is 0 Å². The number of hydrogen-bond donors (Lipinski definition) is 0. The first-order valence-corrected chi connectivity index (χ1v) is 5.41. The van der Waals surface area contributed by atoms with Crippen LogP contribution in [0.25, 0.3) is 5.52 Å². The lowest BCUT2D eigenvalue weighted by atomic mass is 9.88. The second kappa shape index (κ2) is 3.09. The van der Waals surface area contributed by atoms with E-state index >= 15 is 0 Å². The highest BCUT2D eigenvalue weighted by Gasteiger charge is 2.14. The highest BCUT2D eigenvalue weighted by molar-refractivity contribution is 9.10. The first-order chi connectivity index (χ1) is 6.48. The first-order valence-electron chi connectivity index (χ1n) is 4.61. The zero-order valence-electron chi connectivity index (χ0n) is 8.58. The third-order valence-corrected chi connectivity index (χ3v) is 2.93. The number of nitrogens with zero attached hydrogens (tertiary/aromatic N) is 2. The fraction of sp³-hybridized carbons (Fsp3) is 0.364. The summed E-state index contributed by atoms with van der Waals surface area (Å²) in [7, 11) is 0. The summed E-state index contributed by atoms with van der Waals surface area (Å²) in [5.41, 5.74) is 2.60. The lowest BCUT2D eigenvalue weighted by Crippen LogP contribution is -2.11. The molecule has 2 aromatic heterocycles. The monoisotopic (exact) mass is 252 g/mol. The molecule has 0 fully saturated rings. The Hall–Kier alpha value is -0.830. The summed E-state index contributed by atoms with van der Waals surface area (Å²) < 4.78 is 2.92. The van der Waals surface area contributed by atoms with Crippen molar-refractivity contribution in [1.29, 1.82) is 0 Å². The molecule has 0 N–H and O–H groups in total. The van der Waals surface area contributed by atoms with Crippen LogP contribution in [0.4, 0.5) is 0 Å². The molecule has 0 saturated carbocycles. The maximum atomic E-state index is 4.20. The standard InChI is InChI=1S/C11H13BrN2/c1-11(2,3)8-4-5-9-6-13-10(12)14(9)7-8/h4-7H,1-3H3. The minimum atomic E-state index is 0.178. The van der Waals surface area contributed by atoms with Crippen LogP contribution in [0.15, 0.2) is 29.3 Å². The van der Waals surface area contributed by atoms with Crippen molar-refractivity contribution in [3.05, 3.63) is 34.8 Å². The van der Waals surface area contributed by atoms with Gasteiger partial charge in [-0.2, -0.15) is 0 Å². The van der Waals surface area contributed by atoms with Gasteiger partial charge in [0.05, 0.1) is 11.7 Å². The molecule has 0 aliphatic rings.